The van der Waals surface area contributed by atoms with Gasteiger partial charge in [-0.1, -0.05) is 0 Å². The van der Waals surface area contributed by atoms with Crippen LogP contribution in [0.3, 0.4) is 0 Å². The van der Waals surface area contributed by atoms with E-state index in [4.69, 9.17) is 9.47 Å². The van der Waals surface area contributed by atoms with Crippen molar-refractivity contribution in [3.05, 3.63) is 24.0 Å². The Morgan fingerprint density at radius 1 is 1.39 bits per heavy atom. The van der Waals surface area contributed by atoms with Crippen molar-refractivity contribution in [2.45, 2.75) is 0 Å². The summed E-state index contributed by atoms with van der Waals surface area (Å²) in [6.07, 6.45) is 0. The lowest BCUT2D eigenvalue weighted by atomic mass is 10.3. The van der Waals surface area contributed by atoms with Gasteiger partial charge in [0.1, 0.15) is 0 Å². The molecule has 1 rings (SSSR count). The quantitative estimate of drug-likeness (QED) is 0.715. The molecule has 0 aliphatic heterocycles. The number of hydrogen-bond donors (Lipinski definition) is 2. The first kappa shape index (κ1) is 14.4. The summed E-state index contributed by atoms with van der Waals surface area (Å²) in [7, 11) is 2.97. The highest BCUT2D eigenvalue weighted by Gasteiger charge is 2.06. The zero-order valence-corrected chi connectivity index (χ0v) is 10.5. The molecule has 0 aromatic heterocycles. The van der Waals surface area contributed by atoms with E-state index in [1.807, 2.05) is 0 Å². The zero-order valence-electron chi connectivity index (χ0n) is 10.5. The highest BCUT2D eigenvalue weighted by atomic mass is 19.1. The molecule has 1 aromatic carbocycles. The van der Waals surface area contributed by atoms with Crippen LogP contribution < -0.4 is 15.4 Å². The van der Waals surface area contributed by atoms with E-state index in [0.717, 1.165) is 0 Å². The Bertz CT molecular complexity index is 399. The third-order valence-electron chi connectivity index (χ3n) is 2.20. The van der Waals surface area contributed by atoms with Crippen LogP contribution in [0.4, 0.5) is 10.1 Å². The van der Waals surface area contributed by atoms with Crippen molar-refractivity contribution < 1.29 is 18.7 Å². The van der Waals surface area contributed by atoms with Crippen molar-refractivity contribution in [2.24, 2.45) is 0 Å². The fraction of sp³-hybridized carbons (Fsp3) is 0.417. The first-order valence-corrected chi connectivity index (χ1v) is 5.50. The lowest BCUT2D eigenvalue weighted by Gasteiger charge is -2.08. The standard InChI is InChI=1S/C12H17FN2O3/c1-17-6-5-14-8-12(16)15-9-3-4-11(18-2)10(13)7-9/h3-4,7,14H,5-6,8H2,1-2H3,(H,15,16). The minimum absolute atomic E-state index is 0.145. The summed E-state index contributed by atoms with van der Waals surface area (Å²) in [5.41, 5.74) is 0.395. The maximum absolute atomic E-state index is 13.3. The van der Waals surface area contributed by atoms with Crippen molar-refractivity contribution in [1.29, 1.82) is 0 Å². The Balaban J connectivity index is 2.42. The molecule has 0 saturated heterocycles. The second-order valence-electron chi connectivity index (χ2n) is 3.57. The van der Waals surface area contributed by atoms with Gasteiger partial charge in [0.15, 0.2) is 11.6 Å². The molecular weight excluding hydrogens is 239 g/mol. The number of methoxy groups -OCH3 is 2. The molecule has 5 nitrogen and oxygen atoms in total. The highest BCUT2D eigenvalue weighted by molar-refractivity contribution is 5.92. The molecule has 18 heavy (non-hydrogen) atoms. The summed E-state index contributed by atoms with van der Waals surface area (Å²) in [4.78, 5) is 11.5. The first-order chi connectivity index (χ1) is 8.67. The van der Waals surface area contributed by atoms with Gasteiger partial charge in [-0.2, -0.15) is 0 Å². The van der Waals surface area contributed by atoms with Gasteiger partial charge < -0.3 is 20.1 Å². The molecule has 2 N–H and O–H groups in total. The summed E-state index contributed by atoms with van der Waals surface area (Å²) < 4.78 is 23.0. The van der Waals surface area contributed by atoms with Crippen LogP contribution >= 0.6 is 0 Å². The van der Waals surface area contributed by atoms with Crippen LogP contribution in [0.2, 0.25) is 0 Å². The average Bonchev–Trinajstić information content (AvgIpc) is 2.35. The molecule has 100 valence electrons. The topological polar surface area (TPSA) is 59.6 Å². The number of ether oxygens (including phenoxy) is 2. The first-order valence-electron chi connectivity index (χ1n) is 5.50. The van der Waals surface area contributed by atoms with Crippen molar-refractivity contribution >= 4 is 11.6 Å². The summed E-state index contributed by atoms with van der Waals surface area (Å²) in [5.74, 6) is -0.607. The number of anilines is 1. The van der Waals surface area contributed by atoms with Gasteiger partial charge in [-0.25, -0.2) is 4.39 Å². The fourth-order valence-electron chi connectivity index (χ4n) is 1.33. The predicted octanol–water partition coefficient (Wildman–Crippen LogP) is 1.01. The molecule has 1 aromatic rings. The van der Waals surface area contributed by atoms with E-state index in [1.54, 1.807) is 13.2 Å². The van der Waals surface area contributed by atoms with E-state index in [0.29, 0.717) is 18.8 Å². The number of benzene rings is 1. The van der Waals surface area contributed by atoms with E-state index in [-0.39, 0.29) is 18.2 Å². The van der Waals surface area contributed by atoms with Crippen molar-refractivity contribution in [3.8, 4) is 5.75 Å². The molecule has 0 bridgehead atoms. The fourth-order valence-corrected chi connectivity index (χ4v) is 1.33. The number of amides is 1. The number of carbonyl (C=O) groups excluding carboxylic acids is 1. The van der Waals surface area contributed by atoms with Gasteiger partial charge in [0, 0.05) is 25.4 Å². The van der Waals surface area contributed by atoms with E-state index >= 15 is 0 Å². The number of halogens is 1. The Morgan fingerprint density at radius 2 is 2.17 bits per heavy atom. The summed E-state index contributed by atoms with van der Waals surface area (Å²) in [5, 5.41) is 5.46. The summed E-state index contributed by atoms with van der Waals surface area (Å²) in [6, 6.07) is 4.25. The SMILES string of the molecule is COCCNCC(=O)Nc1ccc(OC)c(F)c1. The van der Waals surface area contributed by atoms with Gasteiger partial charge in [0.2, 0.25) is 5.91 Å². The molecular formula is C12H17FN2O3. The largest absolute Gasteiger partial charge is 0.494 e. The van der Waals surface area contributed by atoms with Gasteiger partial charge in [0.05, 0.1) is 20.3 Å². The second kappa shape index (κ2) is 7.62. The molecule has 0 fully saturated rings. The van der Waals surface area contributed by atoms with Crippen molar-refractivity contribution in [3.63, 3.8) is 0 Å². The van der Waals surface area contributed by atoms with Gasteiger partial charge in [0.25, 0.3) is 0 Å². The molecule has 6 heteroatoms. The van der Waals surface area contributed by atoms with Crippen LogP contribution in [-0.2, 0) is 9.53 Å². The van der Waals surface area contributed by atoms with Crippen LogP contribution in [0, 0.1) is 5.82 Å². The second-order valence-corrected chi connectivity index (χ2v) is 3.57. The summed E-state index contributed by atoms with van der Waals surface area (Å²) in [6.45, 7) is 1.27. The Kier molecular flexibility index (Phi) is 6.10. The molecule has 1 amide bonds. The normalized spacial score (nSPS) is 10.2. The monoisotopic (exact) mass is 256 g/mol. The molecule has 0 radical (unpaired) electrons. The van der Waals surface area contributed by atoms with Crippen molar-refractivity contribution in [1.82, 2.24) is 5.32 Å². The van der Waals surface area contributed by atoms with Crippen LogP contribution in [0.25, 0.3) is 0 Å². The third-order valence-corrected chi connectivity index (χ3v) is 2.20. The third kappa shape index (κ3) is 4.68. The van der Waals surface area contributed by atoms with Gasteiger partial charge in [-0.3, -0.25) is 4.79 Å². The molecule has 0 saturated carbocycles. The van der Waals surface area contributed by atoms with E-state index in [2.05, 4.69) is 10.6 Å². The minimum atomic E-state index is -0.511. The number of hydrogen-bond acceptors (Lipinski definition) is 4. The maximum atomic E-state index is 13.3. The Labute approximate surface area is 105 Å². The molecule has 0 heterocycles. The lowest BCUT2D eigenvalue weighted by molar-refractivity contribution is -0.115. The number of rotatable bonds is 7. The Morgan fingerprint density at radius 3 is 2.78 bits per heavy atom. The van der Waals surface area contributed by atoms with Crippen LogP contribution in [0.15, 0.2) is 18.2 Å². The minimum Gasteiger partial charge on any atom is -0.494 e. The van der Waals surface area contributed by atoms with Gasteiger partial charge in [-0.15, -0.1) is 0 Å². The van der Waals surface area contributed by atoms with Crippen LogP contribution in [0.5, 0.6) is 5.75 Å². The number of carbonyl (C=O) groups is 1. The smallest absolute Gasteiger partial charge is 0.238 e. The van der Waals surface area contributed by atoms with Crippen LogP contribution in [-0.4, -0.2) is 39.8 Å². The Hall–Kier alpha value is -1.66. The molecule has 0 atom stereocenters. The lowest BCUT2D eigenvalue weighted by Crippen LogP contribution is -2.30. The summed E-state index contributed by atoms with van der Waals surface area (Å²) >= 11 is 0. The van der Waals surface area contributed by atoms with E-state index in [1.165, 1.54) is 19.2 Å². The molecule has 0 unspecified atom stereocenters. The molecule has 0 aliphatic carbocycles. The predicted molar refractivity (Wildman–Crippen MR) is 66.3 cm³/mol. The number of nitrogens with one attached hydrogen (secondary N) is 2. The maximum Gasteiger partial charge on any atom is 0.238 e. The van der Waals surface area contributed by atoms with E-state index < -0.39 is 5.82 Å². The zero-order chi connectivity index (χ0) is 13.4. The van der Waals surface area contributed by atoms with Crippen LogP contribution in [0.1, 0.15) is 0 Å². The van der Waals surface area contributed by atoms with E-state index in [9.17, 15) is 9.18 Å². The van der Waals surface area contributed by atoms with Crippen molar-refractivity contribution in [2.75, 3.05) is 39.2 Å². The van der Waals surface area contributed by atoms with Gasteiger partial charge >= 0.3 is 0 Å². The highest BCUT2D eigenvalue weighted by Crippen LogP contribution is 2.20. The molecule has 0 spiro atoms. The average molecular weight is 256 g/mol. The molecule has 0 aliphatic rings. The van der Waals surface area contributed by atoms with Gasteiger partial charge in [-0.05, 0) is 12.1 Å².